The molecule has 1 N–H and O–H groups in total. The van der Waals surface area contributed by atoms with Crippen LogP contribution in [0, 0.1) is 0 Å². The monoisotopic (exact) mass is 415 g/mol. The van der Waals surface area contributed by atoms with E-state index in [1.165, 1.54) is 7.11 Å². The first kappa shape index (κ1) is 19.9. The summed E-state index contributed by atoms with van der Waals surface area (Å²) in [4.78, 5) is 26.4. The fourth-order valence-corrected chi connectivity index (χ4v) is 4.14. The van der Waals surface area contributed by atoms with E-state index in [0.29, 0.717) is 27.5 Å². The summed E-state index contributed by atoms with van der Waals surface area (Å²) in [6.07, 6.45) is 1.63. The maximum atomic E-state index is 13.0. The number of thioether (sulfide) groups is 1. The van der Waals surface area contributed by atoms with Crippen molar-refractivity contribution in [2.45, 2.75) is 6.04 Å². The fraction of sp³-hybridized carbons (Fsp3) is 0.150. The van der Waals surface area contributed by atoms with Crippen molar-refractivity contribution in [3.05, 3.63) is 64.6 Å². The van der Waals surface area contributed by atoms with E-state index >= 15 is 0 Å². The van der Waals surface area contributed by atoms with Crippen LogP contribution in [0.3, 0.4) is 0 Å². The Morgan fingerprint density at radius 1 is 1.18 bits per heavy atom. The van der Waals surface area contributed by atoms with Gasteiger partial charge in [-0.3, -0.25) is 9.69 Å². The molecular weight excluding hydrogens is 398 g/mol. The number of aliphatic carboxylic acids is 1. The SMILES string of the molecule is COc1ccc(OC)c(/C=C2/SC(=S)N([C@@H](C(=O)O)c3ccccc3)C2=O)c1. The molecule has 8 heteroatoms. The average molecular weight is 415 g/mol. The maximum Gasteiger partial charge on any atom is 0.331 e. The van der Waals surface area contributed by atoms with E-state index in [9.17, 15) is 14.7 Å². The highest BCUT2D eigenvalue weighted by Crippen LogP contribution is 2.39. The van der Waals surface area contributed by atoms with Crippen molar-refractivity contribution in [3.63, 3.8) is 0 Å². The number of amides is 1. The number of carboxylic acid groups (broad SMARTS) is 1. The molecule has 144 valence electrons. The van der Waals surface area contributed by atoms with Gasteiger partial charge in [0.1, 0.15) is 15.8 Å². The molecular formula is C20H17NO5S2. The number of ether oxygens (including phenoxy) is 2. The lowest BCUT2D eigenvalue weighted by Crippen LogP contribution is -2.37. The molecule has 0 bridgehead atoms. The van der Waals surface area contributed by atoms with Crippen molar-refractivity contribution < 1.29 is 24.2 Å². The first-order valence-corrected chi connectivity index (χ1v) is 9.45. The van der Waals surface area contributed by atoms with Crippen LogP contribution in [0.4, 0.5) is 0 Å². The van der Waals surface area contributed by atoms with Crippen molar-refractivity contribution in [2.24, 2.45) is 0 Å². The summed E-state index contributed by atoms with van der Waals surface area (Å²) in [6.45, 7) is 0. The highest BCUT2D eigenvalue weighted by atomic mass is 32.2. The van der Waals surface area contributed by atoms with E-state index in [1.807, 2.05) is 0 Å². The molecule has 1 aliphatic rings. The topological polar surface area (TPSA) is 76.1 Å². The maximum absolute atomic E-state index is 13.0. The van der Waals surface area contributed by atoms with E-state index in [1.54, 1.807) is 61.7 Å². The fourth-order valence-electron chi connectivity index (χ4n) is 2.83. The number of nitrogens with zero attached hydrogens (tertiary/aromatic N) is 1. The summed E-state index contributed by atoms with van der Waals surface area (Å²) in [5.41, 5.74) is 1.11. The van der Waals surface area contributed by atoms with Gasteiger partial charge >= 0.3 is 5.97 Å². The van der Waals surface area contributed by atoms with Crippen molar-refractivity contribution in [1.82, 2.24) is 4.90 Å². The lowest BCUT2D eigenvalue weighted by Gasteiger charge is -2.23. The van der Waals surface area contributed by atoms with Crippen LogP contribution in [0.15, 0.2) is 53.4 Å². The second kappa shape index (κ2) is 8.45. The summed E-state index contributed by atoms with van der Waals surface area (Å²) in [5.74, 6) is -0.446. The summed E-state index contributed by atoms with van der Waals surface area (Å²) < 4.78 is 10.8. The van der Waals surface area contributed by atoms with Crippen molar-refractivity contribution in [2.75, 3.05) is 14.2 Å². The Labute approximate surface area is 171 Å². The van der Waals surface area contributed by atoms with Gasteiger partial charge in [-0.25, -0.2) is 4.79 Å². The molecule has 0 spiro atoms. The van der Waals surface area contributed by atoms with Crippen LogP contribution in [0.25, 0.3) is 6.08 Å². The molecule has 0 aliphatic carbocycles. The van der Waals surface area contributed by atoms with Gasteiger partial charge in [0.25, 0.3) is 5.91 Å². The standard InChI is InChI=1S/C20H17NO5S2/c1-25-14-8-9-15(26-2)13(10-14)11-16-18(22)21(20(27)28-16)17(19(23)24)12-6-4-3-5-7-12/h3-11,17H,1-2H3,(H,23,24)/b16-11+/t17-/m1/s1. The number of methoxy groups -OCH3 is 2. The molecule has 2 aromatic carbocycles. The van der Waals surface area contributed by atoms with E-state index in [4.69, 9.17) is 21.7 Å². The second-order valence-electron chi connectivity index (χ2n) is 5.81. The Morgan fingerprint density at radius 2 is 1.89 bits per heavy atom. The zero-order valence-electron chi connectivity index (χ0n) is 15.1. The summed E-state index contributed by atoms with van der Waals surface area (Å²) in [5, 5.41) is 9.73. The Kier molecular flexibility index (Phi) is 6.01. The van der Waals surface area contributed by atoms with Gasteiger partial charge in [0.15, 0.2) is 6.04 Å². The minimum Gasteiger partial charge on any atom is -0.497 e. The molecule has 28 heavy (non-hydrogen) atoms. The van der Waals surface area contributed by atoms with E-state index in [0.717, 1.165) is 16.7 Å². The molecule has 1 fully saturated rings. The molecule has 3 rings (SSSR count). The van der Waals surface area contributed by atoms with E-state index in [-0.39, 0.29) is 4.32 Å². The first-order valence-electron chi connectivity index (χ1n) is 8.23. The molecule has 1 saturated heterocycles. The Morgan fingerprint density at radius 3 is 2.50 bits per heavy atom. The normalized spacial score (nSPS) is 16.4. The van der Waals surface area contributed by atoms with E-state index in [2.05, 4.69) is 0 Å². The van der Waals surface area contributed by atoms with Gasteiger partial charge in [0, 0.05) is 5.56 Å². The number of carboxylic acids is 1. The van der Waals surface area contributed by atoms with Gasteiger partial charge < -0.3 is 14.6 Å². The number of carbonyl (C=O) groups is 2. The Balaban J connectivity index is 2.00. The minimum atomic E-state index is -1.19. The Hall–Kier alpha value is -2.84. The molecule has 0 saturated carbocycles. The highest BCUT2D eigenvalue weighted by Gasteiger charge is 2.41. The van der Waals surface area contributed by atoms with Crippen LogP contribution in [0.1, 0.15) is 17.2 Å². The van der Waals surface area contributed by atoms with Gasteiger partial charge in [-0.15, -0.1) is 0 Å². The van der Waals surface area contributed by atoms with Crippen molar-refractivity contribution in [3.8, 4) is 11.5 Å². The Bertz CT molecular complexity index is 958. The molecule has 1 amide bonds. The largest absolute Gasteiger partial charge is 0.497 e. The van der Waals surface area contributed by atoms with E-state index < -0.39 is 17.9 Å². The number of benzene rings is 2. The number of carbonyl (C=O) groups excluding carboxylic acids is 1. The van der Waals surface area contributed by atoms with Gasteiger partial charge in [-0.05, 0) is 29.8 Å². The summed E-state index contributed by atoms with van der Waals surface area (Å²) >= 11 is 6.38. The van der Waals surface area contributed by atoms with Crippen LogP contribution >= 0.6 is 24.0 Å². The predicted molar refractivity (Wildman–Crippen MR) is 111 cm³/mol. The van der Waals surface area contributed by atoms with Crippen molar-refractivity contribution in [1.29, 1.82) is 0 Å². The molecule has 1 atom stereocenters. The van der Waals surface area contributed by atoms with Crippen LogP contribution in [0.5, 0.6) is 11.5 Å². The van der Waals surface area contributed by atoms with Crippen molar-refractivity contribution >= 4 is 46.3 Å². The third-order valence-electron chi connectivity index (χ3n) is 4.15. The number of hydrogen-bond acceptors (Lipinski definition) is 6. The van der Waals surface area contributed by atoms with Gasteiger partial charge in [-0.2, -0.15) is 0 Å². The molecule has 2 aromatic rings. The van der Waals surface area contributed by atoms with Crippen LogP contribution in [-0.4, -0.2) is 40.4 Å². The zero-order valence-corrected chi connectivity index (χ0v) is 16.8. The summed E-state index contributed by atoms with van der Waals surface area (Å²) in [6, 6.07) is 12.6. The predicted octanol–water partition coefficient (Wildman–Crippen LogP) is 3.73. The van der Waals surface area contributed by atoms with Gasteiger partial charge in [0.05, 0.1) is 19.1 Å². The molecule has 0 aromatic heterocycles. The van der Waals surface area contributed by atoms with Gasteiger partial charge in [0.2, 0.25) is 0 Å². The number of rotatable bonds is 6. The smallest absolute Gasteiger partial charge is 0.331 e. The molecule has 6 nitrogen and oxygen atoms in total. The zero-order chi connectivity index (χ0) is 20.3. The quantitative estimate of drug-likeness (QED) is 0.569. The first-order chi connectivity index (χ1) is 13.5. The van der Waals surface area contributed by atoms with Crippen LogP contribution in [-0.2, 0) is 9.59 Å². The van der Waals surface area contributed by atoms with Gasteiger partial charge in [-0.1, -0.05) is 54.3 Å². The molecule has 1 heterocycles. The van der Waals surface area contributed by atoms with Crippen LogP contribution in [0.2, 0.25) is 0 Å². The number of hydrogen-bond donors (Lipinski definition) is 1. The molecule has 0 radical (unpaired) electrons. The second-order valence-corrected chi connectivity index (χ2v) is 7.49. The lowest BCUT2D eigenvalue weighted by molar-refractivity contribution is -0.145. The third kappa shape index (κ3) is 3.88. The molecule has 1 aliphatic heterocycles. The lowest BCUT2D eigenvalue weighted by atomic mass is 10.1. The summed E-state index contributed by atoms with van der Waals surface area (Å²) in [7, 11) is 3.07. The molecule has 0 unspecified atom stereocenters. The number of thiocarbonyl (C=S) groups is 1. The highest BCUT2D eigenvalue weighted by molar-refractivity contribution is 8.26. The average Bonchev–Trinajstić information content (AvgIpc) is 2.96. The van der Waals surface area contributed by atoms with Crippen LogP contribution < -0.4 is 9.47 Å². The minimum absolute atomic E-state index is 0.189. The third-order valence-corrected chi connectivity index (χ3v) is 5.48.